The Kier molecular flexibility index (Phi) is 4.82. The van der Waals surface area contributed by atoms with Crippen molar-refractivity contribution in [1.29, 1.82) is 0 Å². The third-order valence-corrected chi connectivity index (χ3v) is 6.25. The Morgan fingerprint density at radius 1 is 0.938 bits per heavy atom. The Morgan fingerprint density at radius 2 is 1.69 bits per heavy atom. The Morgan fingerprint density at radius 3 is 2.44 bits per heavy atom. The minimum absolute atomic E-state index is 0.0862. The Labute approximate surface area is 185 Å². The van der Waals surface area contributed by atoms with Crippen molar-refractivity contribution in [2.24, 2.45) is 0 Å². The molecule has 1 aromatic heterocycles. The number of benzene rings is 3. The summed E-state index contributed by atoms with van der Waals surface area (Å²) in [4.78, 5) is 28.8. The fraction of sp³-hybridized carbons (Fsp3) is 0.185. The van der Waals surface area contributed by atoms with Gasteiger partial charge in [-0.15, -0.1) is 0 Å². The largest absolute Gasteiger partial charge is 0.508 e. The van der Waals surface area contributed by atoms with Crippen LogP contribution in [0.5, 0.6) is 5.75 Å². The first kappa shape index (κ1) is 20.1. The molecule has 0 bridgehead atoms. The smallest absolute Gasteiger partial charge is 0.290 e. The van der Waals surface area contributed by atoms with Crippen LogP contribution in [0, 0.1) is 13.8 Å². The van der Waals surface area contributed by atoms with E-state index in [-0.39, 0.29) is 22.8 Å². The molecule has 0 fully saturated rings. The molecule has 5 nitrogen and oxygen atoms in total. The second-order valence-electron chi connectivity index (χ2n) is 8.34. The van der Waals surface area contributed by atoms with Crippen LogP contribution in [-0.4, -0.2) is 22.5 Å². The maximum Gasteiger partial charge on any atom is 0.290 e. The zero-order valence-corrected chi connectivity index (χ0v) is 18.0. The van der Waals surface area contributed by atoms with Gasteiger partial charge in [-0.05, 0) is 66.8 Å². The van der Waals surface area contributed by atoms with Gasteiger partial charge in [0.1, 0.15) is 11.3 Å². The molecule has 3 aromatic carbocycles. The fourth-order valence-corrected chi connectivity index (χ4v) is 4.44. The highest BCUT2D eigenvalue weighted by molar-refractivity contribution is 5.99. The van der Waals surface area contributed by atoms with Crippen LogP contribution in [0.1, 0.15) is 44.4 Å². The lowest BCUT2D eigenvalue weighted by atomic mass is 9.97. The number of rotatable bonds is 4. The first-order valence-corrected chi connectivity index (χ1v) is 10.7. The lowest BCUT2D eigenvalue weighted by Crippen LogP contribution is -2.31. The summed E-state index contributed by atoms with van der Waals surface area (Å²) in [6.07, 6.45) is 0.641. The molecule has 2 heterocycles. The number of aromatic hydroxyl groups is 1. The number of hydrogen-bond acceptors (Lipinski definition) is 4. The van der Waals surface area contributed by atoms with Gasteiger partial charge in [-0.25, -0.2) is 0 Å². The van der Waals surface area contributed by atoms with Crippen molar-refractivity contribution in [3.8, 4) is 5.75 Å². The zero-order valence-electron chi connectivity index (χ0n) is 18.0. The molecule has 32 heavy (non-hydrogen) atoms. The number of hydrogen-bond donors (Lipinski definition) is 1. The summed E-state index contributed by atoms with van der Waals surface area (Å²) in [5.74, 6) is -0.128. The summed E-state index contributed by atoms with van der Waals surface area (Å²) in [6, 6.07) is 19.7. The Bertz CT molecular complexity index is 1400. The van der Waals surface area contributed by atoms with Crippen molar-refractivity contribution in [2.75, 3.05) is 6.54 Å². The van der Waals surface area contributed by atoms with Crippen molar-refractivity contribution in [3.63, 3.8) is 0 Å². The second kappa shape index (κ2) is 7.68. The van der Waals surface area contributed by atoms with Crippen LogP contribution in [0.3, 0.4) is 0 Å². The normalized spacial score (nSPS) is 15.4. The van der Waals surface area contributed by atoms with Crippen LogP contribution in [0.25, 0.3) is 11.0 Å². The average Bonchev–Trinajstić information content (AvgIpc) is 3.06. The van der Waals surface area contributed by atoms with Crippen molar-refractivity contribution in [2.45, 2.75) is 26.3 Å². The van der Waals surface area contributed by atoms with E-state index in [0.717, 1.165) is 16.7 Å². The number of fused-ring (bicyclic) bond motifs is 2. The van der Waals surface area contributed by atoms with Gasteiger partial charge in [-0.2, -0.15) is 0 Å². The van der Waals surface area contributed by atoms with Gasteiger partial charge >= 0.3 is 0 Å². The molecule has 4 aromatic rings. The van der Waals surface area contributed by atoms with E-state index >= 15 is 0 Å². The number of carbonyl (C=O) groups is 1. The molecule has 5 rings (SSSR count). The van der Waals surface area contributed by atoms with Crippen LogP contribution < -0.4 is 5.43 Å². The fourth-order valence-electron chi connectivity index (χ4n) is 4.44. The topological polar surface area (TPSA) is 70.8 Å². The molecule has 1 unspecified atom stereocenters. The van der Waals surface area contributed by atoms with Crippen LogP contribution in [-0.2, 0) is 6.42 Å². The maximum atomic E-state index is 13.6. The van der Waals surface area contributed by atoms with E-state index in [4.69, 9.17) is 4.42 Å². The van der Waals surface area contributed by atoms with Crippen molar-refractivity contribution >= 4 is 16.9 Å². The Balaban J connectivity index is 1.68. The molecule has 0 saturated carbocycles. The quantitative estimate of drug-likeness (QED) is 0.505. The molecule has 1 amide bonds. The van der Waals surface area contributed by atoms with Crippen LogP contribution in [0.2, 0.25) is 0 Å². The van der Waals surface area contributed by atoms with Crippen molar-refractivity contribution in [1.82, 2.24) is 4.90 Å². The summed E-state index contributed by atoms with van der Waals surface area (Å²) in [5.41, 5.74) is 4.32. The number of amides is 1. The van der Waals surface area contributed by atoms with E-state index in [1.54, 1.807) is 23.1 Å². The van der Waals surface area contributed by atoms with E-state index in [2.05, 4.69) is 0 Å². The van der Waals surface area contributed by atoms with Crippen LogP contribution in [0.15, 0.2) is 75.9 Å². The molecule has 0 spiro atoms. The summed E-state index contributed by atoms with van der Waals surface area (Å²) in [5, 5.41) is 10.6. The van der Waals surface area contributed by atoms with E-state index < -0.39 is 6.04 Å². The number of aryl methyl sites for hydroxylation is 2. The molecular weight excluding hydrogens is 402 g/mol. The molecule has 5 heteroatoms. The third kappa shape index (κ3) is 3.26. The molecule has 160 valence electrons. The van der Waals surface area contributed by atoms with Crippen LogP contribution in [0.4, 0.5) is 0 Å². The maximum absolute atomic E-state index is 13.6. The molecule has 1 aliphatic heterocycles. The third-order valence-electron chi connectivity index (χ3n) is 6.25. The average molecular weight is 425 g/mol. The monoisotopic (exact) mass is 425 g/mol. The molecular formula is C27H23NO4. The minimum Gasteiger partial charge on any atom is -0.508 e. The van der Waals surface area contributed by atoms with Gasteiger partial charge in [-0.1, -0.05) is 42.5 Å². The Hall–Kier alpha value is -3.86. The molecule has 0 radical (unpaired) electrons. The lowest BCUT2D eigenvalue weighted by molar-refractivity contribution is 0.0730. The molecule has 1 aliphatic rings. The summed E-state index contributed by atoms with van der Waals surface area (Å²) >= 11 is 0. The highest BCUT2D eigenvalue weighted by atomic mass is 16.3. The number of carbonyl (C=O) groups excluding carboxylic acids is 1. The van der Waals surface area contributed by atoms with Gasteiger partial charge in [0.2, 0.25) is 5.76 Å². The SMILES string of the molecule is Cc1cc2oc3c(c(=O)c2cc1C)C(c1cccc(O)c1)N(CCc1ccccc1)C3=O. The lowest BCUT2D eigenvalue weighted by Gasteiger charge is -2.25. The highest BCUT2D eigenvalue weighted by Gasteiger charge is 2.42. The van der Waals surface area contributed by atoms with E-state index in [0.29, 0.717) is 35.1 Å². The molecule has 0 aliphatic carbocycles. The van der Waals surface area contributed by atoms with Gasteiger partial charge < -0.3 is 14.4 Å². The first-order chi connectivity index (χ1) is 15.4. The van der Waals surface area contributed by atoms with Gasteiger partial charge in [0.25, 0.3) is 5.91 Å². The van der Waals surface area contributed by atoms with Gasteiger partial charge in [-0.3, -0.25) is 9.59 Å². The molecule has 1 atom stereocenters. The van der Waals surface area contributed by atoms with Crippen LogP contribution >= 0.6 is 0 Å². The minimum atomic E-state index is -0.615. The number of phenols is 1. The van der Waals surface area contributed by atoms with Gasteiger partial charge in [0, 0.05) is 6.54 Å². The molecule has 1 N–H and O–H groups in total. The first-order valence-electron chi connectivity index (χ1n) is 10.7. The van der Waals surface area contributed by atoms with E-state index in [9.17, 15) is 14.7 Å². The zero-order chi connectivity index (χ0) is 22.4. The van der Waals surface area contributed by atoms with Crippen molar-refractivity contribution < 1.29 is 14.3 Å². The second-order valence-corrected chi connectivity index (χ2v) is 8.34. The highest BCUT2D eigenvalue weighted by Crippen LogP contribution is 2.39. The summed E-state index contributed by atoms with van der Waals surface area (Å²) < 4.78 is 6.04. The molecule has 0 saturated heterocycles. The number of phenolic OH excluding ortho intramolecular Hbond substituents is 1. The predicted octanol–water partition coefficient (Wildman–Crippen LogP) is 4.90. The van der Waals surface area contributed by atoms with E-state index in [1.807, 2.05) is 62.4 Å². The summed E-state index contributed by atoms with van der Waals surface area (Å²) in [7, 11) is 0. The van der Waals surface area contributed by atoms with Gasteiger partial charge in [0.15, 0.2) is 5.43 Å². The van der Waals surface area contributed by atoms with Crippen molar-refractivity contribution in [3.05, 3.63) is 111 Å². The van der Waals surface area contributed by atoms with Gasteiger partial charge in [0.05, 0.1) is 17.0 Å². The standard InChI is InChI=1S/C27H23NO4/c1-16-13-21-22(14-17(16)2)32-26-23(25(21)30)24(19-9-6-10-20(29)15-19)28(27(26)31)12-11-18-7-4-3-5-8-18/h3-10,13-15,24,29H,11-12H2,1-2H3. The number of nitrogens with zero attached hydrogens (tertiary/aromatic N) is 1. The summed E-state index contributed by atoms with van der Waals surface area (Å²) in [6.45, 7) is 4.32. The van der Waals surface area contributed by atoms with E-state index in [1.165, 1.54) is 0 Å². The predicted molar refractivity (Wildman–Crippen MR) is 123 cm³/mol.